The number of anilines is 1. The molecule has 6 nitrogen and oxygen atoms in total. The predicted octanol–water partition coefficient (Wildman–Crippen LogP) is 5.20. The third-order valence-corrected chi connectivity index (χ3v) is 6.18. The number of aliphatic imine (C=N–C) groups is 1. The Morgan fingerprint density at radius 1 is 1.00 bits per heavy atom. The van der Waals surface area contributed by atoms with Crippen LogP contribution in [-0.2, 0) is 6.42 Å². The number of unbranched alkanes of at least 4 members (excludes halogenated alkanes) is 2. The summed E-state index contributed by atoms with van der Waals surface area (Å²) in [6.45, 7) is 2.04. The van der Waals surface area contributed by atoms with Crippen LogP contribution in [0.4, 0.5) is 11.6 Å². The first-order chi connectivity index (χ1) is 16.5. The van der Waals surface area contributed by atoms with Crippen LogP contribution in [0.3, 0.4) is 0 Å². The molecule has 3 aromatic rings. The van der Waals surface area contributed by atoms with Crippen LogP contribution in [0.15, 0.2) is 59.7 Å². The van der Waals surface area contributed by atoms with E-state index in [1.807, 2.05) is 31.5 Å². The minimum absolute atomic E-state index is 0.287. The fourth-order valence-corrected chi connectivity index (χ4v) is 4.42. The van der Waals surface area contributed by atoms with Crippen LogP contribution in [0.5, 0.6) is 0 Å². The Bertz CT molecular complexity index is 1100. The molecule has 1 unspecified atom stereocenters. The van der Waals surface area contributed by atoms with E-state index >= 15 is 0 Å². The molecule has 1 atom stereocenters. The van der Waals surface area contributed by atoms with Gasteiger partial charge in [-0.2, -0.15) is 0 Å². The maximum Gasteiger partial charge on any atom is 0.223 e. The van der Waals surface area contributed by atoms with Crippen LogP contribution in [0.2, 0.25) is 0 Å². The summed E-state index contributed by atoms with van der Waals surface area (Å²) in [6, 6.07) is 17.2. The van der Waals surface area contributed by atoms with E-state index in [2.05, 4.69) is 82.8 Å². The number of rotatable bonds is 10. The summed E-state index contributed by atoms with van der Waals surface area (Å²) in [5.74, 6) is 1.01. The lowest BCUT2D eigenvalue weighted by Crippen LogP contribution is -2.16. The van der Waals surface area contributed by atoms with Gasteiger partial charge in [-0.25, -0.2) is 15.0 Å². The molecule has 178 valence electrons. The molecule has 0 radical (unpaired) electrons. The van der Waals surface area contributed by atoms with E-state index in [-0.39, 0.29) is 5.92 Å². The van der Waals surface area contributed by atoms with Crippen molar-refractivity contribution in [1.29, 1.82) is 0 Å². The maximum absolute atomic E-state index is 4.93. The van der Waals surface area contributed by atoms with E-state index in [1.165, 1.54) is 35.1 Å². The Hall–Kier alpha value is -3.25. The molecule has 0 spiro atoms. The molecular formula is C28H36N6. The van der Waals surface area contributed by atoms with Crippen LogP contribution in [0.25, 0.3) is 11.3 Å². The number of nitrogens with one attached hydrogen (secondary N) is 1. The number of nitrogens with zero attached hydrogens (tertiary/aromatic N) is 5. The molecule has 6 heteroatoms. The highest BCUT2D eigenvalue weighted by atomic mass is 15.1. The first kappa shape index (κ1) is 23.9. The van der Waals surface area contributed by atoms with Crippen LogP contribution >= 0.6 is 0 Å². The first-order valence-electron chi connectivity index (χ1n) is 12.2. The van der Waals surface area contributed by atoms with Crippen LogP contribution in [0.1, 0.15) is 41.9 Å². The lowest BCUT2D eigenvalue weighted by Gasteiger charge is -2.27. The predicted molar refractivity (Wildman–Crippen MR) is 142 cm³/mol. The van der Waals surface area contributed by atoms with Crippen LogP contribution < -0.4 is 5.32 Å². The van der Waals surface area contributed by atoms with Crippen molar-refractivity contribution in [3.8, 4) is 11.3 Å². The van der Waals surface area contributed by atoms with Crippen LogP contribution in [0, 0.1) is 0 Å². The molecule has 0 aliphatic heterocycles. The fourth-order valence-electron chi connectivity index (χ4n) is 4.42. The van der Waals surface area contributed by atoms with Gasteiger partial charge in [0.25, 0.3) is 0 Å². The normalized spacial score (nSPS) is 14.8. The lowest BCUT2D eigenvalue weighted by molar-refractivity contribution is 0.392. The van der Waals surface area contributed by atoms with E-state index in [1.54, 1.807) is 0 Å². The van der Waals surface area contributed by atoms with Crippen molar-refractivity contribution >= 4 is 18.0 Å². The molecule has 34 heavy (non-hydrogen) atoms. The number of aromatic nitrogens is 2. The van der Waals surface area contributed by atoms with Gasteiger partial charge in [0.1, 0.15) is 0 Å². The molecule has 1 aliphatic carbocycles. The zero-order valence-electron chi connectivity index (χ0n) is 20.8. The van der Waals surface area contributed by atoms with Gasteiger partial charge in [0.05, 0.1) is 17.7 Å². The van der Waals surface area contributed by atoms with E-state index < -0.39 is 0 Å². The third-order valence-electron chi connectivity index (χ3n) is 6.18. The SMILES string of the molecule is CN(C)/C=N\c1ccc(C2Cc3cnc(NCCCCCN(C)C)nc3-c3ccccc32)cc1. The topological polar surface area (TPSA) is 56.7 Å². The van der Waals surface area contributed by atoms with Crippen molar-refractivity contribution < 1.29 is 0 Å². The zero-order chi connectivity index (χ0) is 23.9. The summed E-state index contributed by atoms with van der Waals surface area (Å²) < 4.78 is 0. The molecule has 1 heterocycles. The second-order valence-electron chi connectivity index (χ2n) is 9.50. The molecule has 2 aromatic carbocycles. The van der Waals surface area contributed by atoms with Crippen LogP contribution in [-0.4, -0.2) is 67.4 Å². The van der Waals surface area contributed by atoms with Gasteiger partial charge < -0.3 is 15.1 Å². The Morgan fingerprint density at radius 3 is 2.56 bits per heavy atom. The number of fused-ring (bicyclic) bond motifs is 3. The summed E-state index contributed by atoms with van der Waals surface area (Å²) in [5.41, 5.74) is 7.05. The molecule has 1 N–H and O–H groups in total. The first-order valence-corrected chi connectivity index (χ1v) is 12.2. The smallest absolute Gasteiger partial charge is 0.223 e. The number of hydrogen-bond donors (Lipinski definition) is 1. The Kier molecular flexibility index (Phi) is 7.91. The highest BCUT2D eigenvalue weighted by molar-refractivity contribution is 5.72. The molecular weight excluding hydrogens is 420 g/mol. The summed E-state index contributed by atoms with van der Waals surface area (Å²) in [5, 5.41) is 3.43. The fraction of sp³-hybridized carbons (Fsp3) is 0.393. The second kappa shape index (κ2) is 11.3. The third kappa shape index (κ3) is 6.00. The Morgan fingerprint density at radius 2 is 1.79 bits per heavy atom. The minimum atomic E-state index is 0.287. The van der Waals surface area contributed by atoms with Crippen molar-refractivity contribution in [2.45, 2.75) is 31.6 Å². The van der Waals surface area contributed by atoms with Gasteiger partial charge in [-0.05, 0) is 68.7 Å². The monoisotopic (exact) mass is 456 g/mol. The largest absolute Gasteiger partial charge is 0.369 e. The van der Waals surface area contributed by atoms with Crippen molar-refractivity contribution in [3.63, 3.8) is 0 Å². The summed E-state index contributed by atoms with van der Waals surface area (Å²) >= 11 is 0. The number of hydrogen-bond acceptors (Lipinski definition) is 5. The standard InChI is InChI=1S/C28H36N6/c1-33(2)17-9-5-8-16-29-28-30-19-22-18-26(24-10-6-7-11-25(24)27(22)32-28)21-12-14-23(15-13-21)31-20-34(3)4/h6-7,10-15,19-20,26H,5,8-9,16-18H2,1-4H3,(H,29,30,32)/b31-20-. The Labute approximate surface area is 203 Å². The van der Waals surface area contributed by atoms with Gasteiger partial charge in [-0.1, -0.05) is 42.8 Å². The molecule has 0 fully saturated rings. The molecule has 1 aliphatic rings. The van der Waals surface area contributed by atoms with Gasteiger partial charge >= 0.3 is 0 Å². The number of benzene rings is 2. The summed E-state index contributed by atoms with van der Waals surface area (Å²) in [4.78, 5) is 18.2. The van der Waals surface area contributed by atoms with Crippen molar-refractivity contribution in [1.82, 2.24) is 19.8 Å². The van der Waals surface area contributed by atoms with Gasteiger partial charge in [0.2, 0.25) is 5.95 Å². The van der Waals surface area contributed by atoms with Crippen molar-refractivity contribution in [3.05, 3.63) is 71.4 Å². The van der Waals surface area contributed by atoms with Crippen molar-refractivity contribution in [2.75, 3.05) is 46.6 Å². The molecule has 0 saturated heterocycles. The Balaban J connectivity index is 1.49. The minimum Gasteiger partial charge on any atom is -0.369 e. The molecule has 0 saturated carbocycles. The average molecular weight is 457 g/mol. The van der Waals surface area contributed by atoms with Gasteiger partial charge in [-0.3, -0.25) is 0 Å². The summed E-state index contributed by atoms with van der Waals surface area (Å²) in [6.07, 6.45) is 8.29. The highest BCUT2D eigenvalue weighted by Crippen LogP contribution is 2.42. The average Bonchev–Trinajstić information content (AvgIpc) is 2.84. The molecule has 0 bridgehead atoms. The quantitative estimate of drug-likeness (QED) is 0.258. The highest BCUT2D eigenvalue weighted by Gasteiger charge is 2.27. The van der Waals surface area contributed by atoms with E-state index in [9.17, 15) is 0 Å². The van der Waals surface area contributed by atoms with E-state index in [0.29, 0.717) is 0 Å². The van der Waals surface area contributed by atoms with E-state index in [0.717, 1.165) is 43.3 Å². The molecule has 1 aromatic heterocycles. The molecule has 0 amide bonds. The second-order valence-corrected chi connectivity index (χ2v) is 9.50. The van der Waals surface area contributed by atoms with Gasteiger partial charge in [0, 0.05) is 38.3 Å². The zero-order valence-corrected chi connectivity index (χ0v) is 20.8. The summed E-state index contributed by atoms with van der Waals surface area (Å²) in [7, 11) is 8.20. The van der Waals surface area contributed by atoms with Crippen molar-refractivity contribution in [2.24, 2.45) is 4.99 Å². The van der Waals surface area contributed by atoms with E-state index in [4.69, 9.17) is 4.98 Å². The molecule has 4 rings (SSSR count). The maximum atomic E-state index is 4.93. The lowest BCUT2D eigenvalue weighted by atomic mass is 9.78. The van der Waals surface area contributed by atoms with Gasteiger partial charge in [0.15, 0.2) is 0 Å². The van der Waals surface area contributed by atoms with Gasteiger partial charge in [-0.15, -0.1) is 0 Å².